The second-order valence-electron chi connectivity index (χ2n) is 5.93. The summed E-state index contributed by atoms with van der Waals surface area (Å²) in [7, 11) is -3.72. The Morgan fingerprint density at radius 3 is 2.33 bits per heavy atom. The van der Waals surface area contributed by atoms with Gasteiger partial charge in [0.2, 0.25) is 0 Å². The van der Waals surface area contributed by atoms with Gasteiger partial charge in [0.25, 0.3) is 0 Å². The van der Waals surface area contributed by atoms with Crippen LogP contribution in [0.4, 0.5) is 0 Å². The molecule has 24 heavy (non-hydrogen) atoms. The van der Waals surface area contributed by atoms with E-state index in [0.29, 0.717) is 12.0 Å². The maximum absolute atomic E-state index is 13.6. The SMILES string of the molecule is CCCCC1CC(c2ccccc2)(P(=O)(OCC)OCC)C(=O)O1. The molecule has 1 aliphatic heterocycles. The number of esters is 1. The Morgan fingerprint density at radius 2 is 1.79 bits per heavy atom. The van der Waals surface area contributed by atoms with Gasteiger partial charge in [-0.1, -0.05) is 50.1 Å². The topological polar surface area (TPSA) is 61.8 Å². The summed E-state index contributed by atoms with van der Waals surface area (Å²) in [5, 5.41) is -1.38. The zero-order valence-corrected chi connectivity index (χ0v) is 15.6. The van der Waals surface area contributed by atoms with E-state index in [9.17, 15) is 9.36 Å². The van der Waals surface area contributed by atoms with Crippen LogP contribution in [0, 0.1) is 0 Å². The molecule has 1 aromatic carbocycles. The summed E-state index contributed by atoms with van der Waals surface area (Å²) in [6, 6.07) is 9.11. The first-order valence-electron chi connectivity index (χ1n) is 8.69. The highest BCUT2D eigenvalue weighted by Gasteiger charge is 2.64. The lowest BCUT2D eigenvalue weighted by atomic mass is 9.93. The van der Waals surface area contributed by atoms with Crippen LogP contribution in [0.2, 0.25) is 0 Å². The van der Waals surface area contributed by atoms with Crippen LogP contribution in [0.15, 0.2) is 30.3 Å². The van der Waals surface area contributed by atoms with E-state index in [2.05, 4.69) is 6.92 Å². The molecule has 0 aliphatic carbocycles. The van der Waals surface area contributed by atoms with E-state index in [0.717, 1.165) is 19.3 Å². The molecule has 1 fully saturated rings. The molecule has 0 amide bonds. The molecule has 0 saturated carbocycles. The van der Waals surface area contributed by atoms with Gasteiger partial charge in [-0.05, 0) is 25.8 Å². The largest absolute Gasteiger partial charge is 0.461 e. The lowest BCUT2D eigenvalue weighted by Gasteiger charge is -2.32. The summed E-state index contributed by atoms with van der Waals surface area (Å²) in [5.41, 5.74) is 0.638. The number of benzene rings is 1. The number of unbranched alkanes of at least 4 members (excludes halogenated alkanes) is 1. The van der Waals surface area contributed by atoms with Gasteiger partial charge in [0.15, 0.2) is 5.16 Å². The molecule has 0 radical (unpaired) electrons. The molecule has 0 N–H and O–H groups in total. The van der Waals surface area contributed by atoms with Crippen LogP contribution in [0.1, 0.15) is 52.0 Å². The highest BCUT2D eigenvalue weighted by atomic mass is 31.2. The predicted octanol–water partition coefficient (Wildman–Crippen LogP) is 4.65. The second-order valence-corrected chi connectivity index (χ2v) is 8.21. The molecule has 2 rings (SSSR count). The fraction of sp³-hybridized carbons (Fsp3) is 0.611. The number of cyclic esters (lactones) is 1. The van der Waals surface area contributed by atoms with Crippen molar-refractivity contribution in [2.45, 2.75) is 57.7 Å². The van der Waals surface area contributed by atoms with Gasteiger partial charge in [-0.15, -0.1) is 0 Å². The van der Waals surface area contributed by atoms with E-state index in [-0.39, 0.29) is 19.3 Å². The lowest BCUT2D eigenvalue weighted by molar-refractivity contribution is -0.144. The maximum Gasteiger partial charge on any atom is 0.352 e. The number of ether oxygens (including phenoxy) is 1. The predicted molar refractivity (Wildman–Crippen MR) is 93.0 cm³/mol. The molecule has 2 unspecified atom stereocenters. The molecule has 0 spiro atoms. The van der Waals surface area contributed by atoms with E-state index in [1.54, 1.807) is 26.0 Å². The minimum atomic E-state index is -3.72. The van der Waals surface area contributed by atoms with Gasteiger partial charge in [-0.3, -0.25) is 9.36 Å². The molecule has 5 nitrogen and oxygen atoms in total. The minimum absolute atomic E-state index is 0.207. The number of hydrogen-bond acceptors (Lipinski definition) is 5. The molecule has 1 aromatic rings. The van der Waals surface area contributed by atoms with Crippen molar-refractivity contribution in [1.82, 2.24) is 0 Å². The van der Waals surface area contributed by atoms with Crippen molar-refractivity contribution < 1.29 is 23.1 Å². The molecule has 1 saturated heterocycles. The van der Waals surface area contributed by atoms with Crippen LogP contribution in [0.25, 0.3) is 0 Å². The number of rotatable bonds is 9. The zero-order valence-electron chi connectivity index (χ0n) is 14.7. The fourth-order valence-corrected chi connectivity index (χ4v) is 5.59. The lowest BCUT2D eigenvalue weighted by Crippen LogP contribution is -2.33. The molecule has 134 valence electrons. The summed E-state index contributed by atoms with van der Waals surface area (Å²) in [5.74, 6) is -0.500. The van der Waals surface area contributed by atoms with E-state index < -0.39 is 18.7 Å². The summed E-state index contributed by atoms with van der Waals surface area (Å²) < 4.78 is 30.4. The van der Waals surface area contributed by atoms with Gasteiger partial charge < -0.3 is 13.8 Å². The maximum atomic E-state index is 13.6. The first-order chi connectivity index (χ1) is 11.5. The van der Waals surface area contributed by atoms with Crippen molar-refractivity contribution in [3.8, 4) is 0 Å². The van der Waals surface area contributed by atoms with Gasteiger partial charge in [0, 0.05) is 6.42 Å². The number of carbonyl (C=O) groups is 1. The molecule has 2 atom stereocenters. The third-order valence-electron chi connectivity index (χ3n) is 4.33. The van der Waals surface area contributed by atoms with Crippen molar-refractivity contribution in [2.75, 3.05) is 13.2 Å². The molecular weight excluding hydrogens is 327 g/mol. The minimum Gasteiger partial charge on any atom is -0.461 e. The molecule has 1 aliphatic rings. The van der Waals surface area contributed by atoms with Gasteiger partial charge in [0.1, 0.15) is 6.10 Å². The van der Waals surface area contributed by atoms with Crippen molar-refractivity contribution in [3.63, 3.8) is 0 Å². The van der Waals surface area contributed by atoms with E-state index in [1.807, 2.05) is 18.2 Å². The van der Waals surface area contributed by atoms with E-state index >= 15 is 0 Å². The molecule has 6 heteroatoms. The van der Waals surface area contributed by atoms with Crippen molar-refractivity contribution in [2.24, 2.45) is 0 Å². The fourth-order valence-electron chi connectivity index (χ4n) is 3.22. The average molecular weight is 354 g/mol. The van der Waals surface area contributed by atoms with Crippen LogP contribution >= 0.6 is 7.60 Å². The molecule has 0 aromatic heterocycles. The highest BCUT2D eigenvalue weighted by molar-refractivity contribution is 7.56. The Bertz CT molecular complexity index is 578. The summed E-state index contributed by atoms with van der Waals surface area (Å²) in [4.78, 5) is 12.9. The Labute approximate surface area is 144 Å². The molecule has 0 bridgehead atoms. The first kappa shape index (κ1) is 19.2. The number of carbonyl (C=O) groups excluding carboxylic acids is 1. The normalized spacial score (nSPS) is 24.1. The third-order valence-corrected chi connectivity index (χ3v) is 7.09. The van der Waals surface area contributed by atoms with Crippen molar-refractivity contribution >= 4 is 13.6 Å². The monoisotopic (exact) mass is 354 g/mol. The van der Waals surface area contributed by atoms with Gasteiger partial charge in [-0.25, -0.2) is 0 Å². The van der Waals surface area contributed by atoms with Crippen LogP contribution in [0.3, 0.4) is 0 Å². The zero-order chi connectivity index (χ0) is 17.6. The summed E-state index contributed by atoms with van der Waals surface area (Å²) >= 11 is 0. The van der Waals surface area contributed by atoms with E-state index in [1.165, 1.54) is 0 Å². The van der Waals surface area contributed by atoms with Gasteiger partial charge in [0.05, 0.1) is 13.2 Å². The molecule has 1 heterocycles. The van der Waals surface area contributed by atoms with Crippen LogP contribution in [0.5, 0.6) is 0 Å². The third kappa shape index (κ3) is 3.44. The second kappa shape index (κ2) is 8.28. The standard InChI is InChI=1S/C18H27O5P/c1-4-7-13-16-14-18(17(19)23-16,15-11-9-8-10-12-15)24(20,21-5-2)22-6-3/h8-12,16H,4-7,13-14H2,1-3H3. The van der Waals surface area contributed by atoms with Crippen molar-refractivity contribution in [1.29, 1.82) is 0 Å². The molecular formula is C18H27O5P. The first-order valence-corrected chi connectivity index (χ1v) is 10.2. The van der Waals surface area contributed by atoms with Crippen molar-refractivity contribution in [3.05, 3.63) is 35.9 Å². The van der Waals surface area contributed by atoms with Gasteiger partial charge >= 0.3 is 13.6 Å². The average Bonchev–Trinajstić information content (AvgIpc) is 2.92. The number of hydrogen-bond donors (Lipinski definition) is 0. The van der Waals surface area contributed by atoms with E-state index in [4.69, 9.17) is 13.8 Å². The quantitative estimate of drug-likeness (QED) is 0.477. The smallest absolute Gasteiger partial charge is 0.352 e. The van der Waals surface area contributed by atoms with Crippen LogP contribution in [-0.4, -0.2) is 25.3 Å². The Hall–Kier alpha value is -1.16. The Balaban J connectivity index is 2.51. The Morgan fingerprint density at radius 1 is 1.17 bits per heavy atom. The summed E-state index contributed by atoms with van der Waals surface area (Å²) in [6.45, 7) is 6.00. The van der Waals surface area contributed by atoms with Crippen LogP contribution in [-0.2, 0) is 28.3 Å². The Kier molecular flexibility index (Phi) is 6.62. The van der Waals surface area contributed by atoms with Gasteiger partial charge in [-0.2, -0.15) is 0 Å². The summed E-state index contributed by atoms with van der Waals surface area (Å²) in [6.07, 6.45) is 2.80. The highest BCUT2D eigenvalue weighted by Crippen LogP contribution is 2.69. The van der Waals surface area contributed by atoms with Crippen LogP contribution < -0.4 is 0 Å².